The molecule has 1 atom stereocenters. The number of hydrogen-bond acceptors (Lipinski definition) is 2. The molecular weight excluding hydrogens is 359 g/mol. The zero-order chi connectivity index (χ0) is 18.0. The third-order valence-electron chi connectivity index (χ3n) is 4.72. The lowest BCUT2D eigenvalue weighted by molar-refractivity contribution is 0.198. The second-order valence-corrected chi connectivity index (χ2v) is 7.13. The third-order valence-corrected chi connectivity index (χ3v) is 5.46. The Morgan fingerprint density at radius 2 is 2.00 bits per heavy atom. The topological polar surface area (TPSA) is 43.8 Å². The summed E-state index contributed by atoms with van der Waals surface area (Å²) in [6, 6.07) is 13.1. The van der Waals surface area contributed by atoms with E-state index in [1.807, 2.05) is 37.4 Å². The Hall–Kier alpha value is -1.75. The van der Waals surface area contributed by atoms with Crippen LogP contribution in [0.15, 0.2) is 42.5 Å². The molecule has 2 aromatic carbocycles. The van der Waals surface area contributed by atoms with Gasteiger partial charge in [0, 0.05) is 18.2 Å². The van der Waals surface area contributed by atoms with Crippen LogP contribution in [0.1, 0.15) is 12.8 Å². The number of nitrogens with zero attached hydrogens (tertiary/aromatic N) is 2. The van der Waals surface area contributed by atoms with Crippen molar-refractivity contribution in [3.05, 3.63) is 52.5 Å². The van der Waals surface area contributed by atoms with Crippen molar-refractivity contribution in [2.24, 2.45) is 0 Å². The van der Waals surface area contributed by atoms with Gasteiger partial charge >= 0.3 is 6.09 Å². The Labute approximate surface area is 157 Å². The SMILES string of the molecule is CN1CCC[C@H]1CN(C(=O)O)c1ccccc1-c1ccc(Cl)c(Cl)c1. The Morgan fingerprint density at radius 3 is 2.64 bits per heavy atom. The summed E-state index contributed by atoms with van der Waals surface area (Å²) in [5.74, 6) is 0. The molecule has 0 saturated carbocycles. The van der Waals surface area contributed by atoms with E-state index in [1.54, 1.807) is 12.1 Å². The van der Waals surface area contributed by atoms with E-state index in [9.17, 15) is 9.90 Å². The molecule has 1 aliphatic rings. The number of rotatable bonds is 4. The van der Waals surface area contributed by atoms with Gasteiger partial charge in [0.1, 0.15) is 0 Å². The van der Waals surface area contributed by atoms with Gasteiger partial charge in [-0.1, -0.05) is 47.5 Å². The van der Waals surface area contributed by atoms with Gasteiger partial charge in [0.05, 0.1) is 15.7 Å². The zero-order valence-corrected chi connectivity index (χ0v) is 15.5. The minimum Gasteiger partial charge on any atom is -0.465 e. The lowest BCUT2D eigenvalue weighted by atomic mass is 10.0. The first-order valence-electron chi connectivity index (χ1n) is 8.22. The third kappa shape index (κ3) is 3.92. The van der Waals surface area contributed by atoms with E-state index in [4.69, 9.17) is 23.2 Å². The normalized spacial score (nSPS) is 17.6. The molecule has 2 aromatic rings. The fourth-order valence-corrected chi connectivity index (χ4v) is 3.62. The molecule has 4 nitrogen and oxygen atoms in total. The maximum Gasteiger partial charge on any atom is 0.411 e. The zero-order valence-electron chi connectivity index (χ0n) is 14.0. The summed E-state index contributed by atoms with van der Waals surface area (Å²) in [5, 5.41) is 10.7. The molecule has 132 valence electrons. The summed E-state index contributed by atoms with van der Waals surface area (Å²) >= 11 is 12.2. The maximum atomic E-state index is 12.0. The second-order valence-electron chi connectivity index (χ2n) is 6.32. The van der Waals surface area contributed by atoms with Crippen molar-refractivity contribution in [3.63, 3.8) is 0 Å². The predicted octanol–water partition coefficient (Wildman–Crippen LogP) is 5.24. The number of halogens is 2. The number of carbonyl (C=O) groups is 1. The minimum atomic E-state index is -0.951. The van der Waals surface area contributed by atoms with E-state index < -0.39 is 6.09 Å². The van der Waals surface area contributed by atoms with Crippen LogP contribution in [0.2, 0.25) is 10.0 Å². The van der Waals surface area contributed by atoms with E-state index in [0.29, 0.717) is 22.3 Å². The number of likely N-dealkylation sites (tertiary alicyclic amines) is 1. The van der Waals surface area contributed by atoms with E-state index in [0.717, 1.165) is 30.5 Å². The van der Waals surface area contributed by atoms with Crippen LogP contribution in [0, 0.1) is 0 Å². The number of hydrogen-bond donors (Lipinski definition) is 1. The minimum absolute atomic E-state index is 0.234. The van der Waals surface area contributed by atoms with Crippen LogP contribution in [0.25, 0.3) is 11.1 Å². The molecule has 1 aliphatic heterocycles. The molecular formula is C19H20Cl2N2O2. The van der Waals surface area contributed by atoms with Crippen molar-refractivity contribution in [1.82, 2.24) is 4.90 Å². The Balaban J connectivity index is 1.99. The lowest BCUT2D eigenvalue weighted by Gasteiger charge is -2.28. The van der Waals surface area contributed by atoms with Gasteiger partial charge in [-0.3, -0.25) is 4.90 Å². The fraction of sp³-hybridized carbons (Fsp3) is 0.316. The number of benzene rings is 2. The Bertz CT molecular complexity index is 782. The first-order chi connectivity index (χ1) is 12.0. The predicted molar refractivity (Wildman–Crippen MR) is 103 cm³/mol. The van der Waals surface area contributed by atoms with Crippen LogP contribution in [0.5, 0.6) is 0 Å². The highest BCUT2D eigenvalue weighted by molar-refractivity contribution is 6.42. The molecule has 0 aliphatic carbocycles. The van der Waals surface area contributed by atoms with Crippen LogP contribution in [0.3, 0.4) is 0 Å². The standard InChI is InChI=1S/C19H20Cl2N2O2/c1-22-10-4-5-14(22)12-23(19(24)25)18-7-3-2-6-15(18)13-8-9-16(20)17(21)11-13/h2-3,6-9,11,14H,4-5,10,12H2,1H3,(H,24,25)/t14-/m0/s1. The quantitative estimate of drug-likeness (QED) is 0.790. The van der Waals surface area contributed by atoms with Gasteiger partial charge in [0.25, 0.3) is 0 Å². The number of para-hydroxylation sites is 1. The van der Waals surface area contributed by atoms with Crippen molar-refractivity contribution < 1.29 is 9.90 Å². The van der Waals surface area contributed by atoms with Crippen LogP contribution < -0.4 is 4.90 Å². The van der Waals surface area contributed by atoms with Crippen LogP contribution in [-0.4, -0.2) is 42.3 Å². The van der Waals surface area contributed by atoms with Crippen molar-refractivity contribution in [3.8, 4) is 11.1 Å². The van der Waals surface area contributed by atoms with Crippen molar-refractivity contribution in [1.29, 1.82) is 0 Å². The van der Waals surface area contributed by atoms with Gasteiger partial charge in [-0.05, 0) is 50.2 Å². The average Bonchev–Trinajstić information content (AvgIpc) is 3.00. The highest BCUT2D eigenvalue weighted by atomic mass is 35.5. The van der Waals surface area contributed by atoms with Gasteiger partial charge in [-0.2, -0.15) is 0 Å². The second kappa shape index (κ2) is 7.65. The molecule has 25 heavy (non-hydrogen) atoms. The molecule has 6 heteroatoms. The largest absolute Gasteiger partial charge is 0.465 e. The summed E-state index contributed by atoms with van der Waals surface area (Å²) in [7, 11) is 2.04. The molecule has 1 N–H and O–H groups in total. The molecule has 0 aromatic heterocycles. The molecule has 0 bridgehead atoms. The van der Waals surface area contributed by atoms with Crippen molar-refractivity contribution >= 4 is 35.0 Å². The summed E-state index contributed by atoms with van der Waals surface area (Å²) < 4.78 is 0. The molecule has 1 saturated heterocycles. The van der Waals surface area contributed by atoms with Crippen molar-refractivity contribution in [2.45, 2.75) is 18.9 Å². The molecule has 1 fully saturated rings. The number of amides is 1. The summed E-state index contributed by atoms with van der Waals surface area (Å²) in [6.45, 7) is 1.46. The average molecular weight is 379 g/mol. The molecule has 3 rings (SSSR count). The van der Waals surface area contributed by atoms with E-state index >= 15 is 0 Å². The monoisotopic (exact) mass is 378 g/mol. The van der Waals surface area contributed by atoms with Crippen LogP contribution in [-0.2, 0) is 0 Å². The summed E-state index contributed by atoms with van der Waals surface area (Å²) in [6.07, 6.45) is 1.16. The van der Waals surface area contributed by atoms with E-state index in [-0.39, 0.29) is 6.04 Å². The maximum absolute atomic E-state index is 12.0. The van der Waals surface area contributed by atoms with Gasteiger partial charge < -0.3 is 10.0 Å². The molecule has 1 amide bonds. The first-order valence-corrected chi connectivity index (χ1v) is 8.98. The van der Waals surface area contributed by atoms with Gasteiger partial charge in [-0.15, -0.1) is 0 Å². The number of carboxylic acid groups (broad SMARTS) is 1. The fourth-order valence-electron chi connectivity index (χ4n) is 3.32. The molecule has 0 spiro atoms. The van der Waals surface area contributed by atoms with Crippen molar-refractivity contribution in [2.75, 3.05) is 25.0 Å². The molecule has 1 heterocycles. The Morgan fingerprint density at radius 1 is 1.24 bits per heavy atom. The van der Waals surface area contributed by atoms with Gasteiger partial charge in [0.15, 0.2) is 0 Å². The van der Waals surface area contributed by atoms with E-state index in [1.165, 1.54) is 4.90 Å². The van der Waals surface area contributed by atoms with Gasteiger partial charge in [-0.25, -0.2) is 4.79 Å². The number of likely N-dealkylation sites (N-methyl/N-ethyl adjacent to an activating group) is 1. The lowest BCUT2D eigenvalue weighted by Crippen LogP contribution is -2.41. The highest BCUT2D eigenvalue weighted by Crippen LogP contribution is 2.35. The summed E-state index contributed by atoms with van der Waals surface area (Å²) in [5.41, 5.74) is 2.33. The van der Waals surface area contributed by atoms with Gasteiger partial charge in [0.2, 0.25) is 0 Å². The van der Waals surface area contributed by atoms with Crippen LogP contribution >= 0.6 is 23.2 Å². The molecule has 0 radical (unpaired) electrons. The molecule has 0 unspecified atom stereocenters. The first kappa shape index (κ1) is 18.1. The smallest absolute Gasteiger partial charge is 0.411 e. The number of anilines is 1. The van der Waals surface area contributed by atoms with E-state index in [2.05, 4.69) is 4.90 Å². The summed E-state index contributed by atoms with van der Waals surface area (Å²) in [4.78, 5) is 15.6. The van der Waals surface area contributed by atoms with Crippen LogP contribution in [0.4, 0.5) is 10.5 Å². The Kier molecular flexibility index (Phi) is 5.52. The highest BCUT2D eigenvalue weighted by Gasteiger charge is 2.27.